The third kappa shape index (κ3) is 2.76. The number of nitrogens with one attached hydrogen (secondary N) is 1. The van der Waals surface area contributed by atoms with Crippen molar-refractivity contribution in [3.8, 4) is 22.6 Å². The summed E-state index contributed by atoms with van der Waals surface area (Å²) in [5.41, 5.74) is 2.78. The molecule has 0 atom stereocenters. The van der Waals surface area contributed by atoms with E-state index in [1.165, 1.54) is 11.3 Å². The molecule has 3 heterocycles. The van der Waals surface area contributed by atoms with Crippen LogP contribution in [0.15, 0.2) is 35.7 Å². The number of ether oxygens (including phenoxy) is 2. The third-order valence-electron chi connectivity index (χ3n) is 4.02. The van der Waals surface area contributed by atoms with Gasteiger partial charge in [-0.2, -0.15) is 5.10 Å². The molecular weight excluding hydrogens is 338 g/mol. The molecule has 1 aliphatic rings. The Labute approximate surface area is 149 Å². The lowest BCUT2D eigenvalue weighted by Crippen LogP contribution is -2.18. The molecule has 0 saturated heterocycles. The van der Waals surface area contributed by atoms with Crippen LogP contribution in [-0.2, 0) is 7.05 Å². The summed E-state index contributed by atoms with van der Waals surface area (Å²) >= 11 is 1.32. The van der Waals surface area contributed by atoms with Gasteiger partial charge in [-0.25, -0.2) is 0 Å². The van der Waals surface area contributed by atoms with Crippen LogP contribution < -0.4 is 14.8 Å². The van der Waals surface area contributed by atoms with E-state index in [1.54, 1.807) is 10.1 Å². The zero-order chi connectivity index (χ0) is 17.4. The molecule has 1 N–H and O–H groups in total. The number of aryl methyl sites for hydroxylation is 2. The Balaban J connectivity index is 1.70. The van der Waals surface area contributed by atoms with Crippen molar-refractivity contribution in [2.45, 2.75) is 6.92 Å². The van der Waals surface area contributed by atoms with E-state index in [0.29, 0.717) is 35.4 Å². The van der Waals surface area contributed by atoms with Crippen LogP contribution in [-0.4, -0.2) is 28.9 Å². The van der Waals surface area contributed by atoms with Crippen LogP contribution in [0.5, 0.6) is 11.5 Å². The lowest BCUT2D eigenvalue weighted by atomic mass is 10.1. The van der Waals surface area contributed by atoms with Crippen LogP contribution in [0.4, 0.5) is 5.82 Å². The number of fused-ring (bicyclic) bond motifs is 1. The maximum atomic E-state index is 12.8. The van der Waals surface area contributed by atoms with Crippen molar-refractivity contribution in [2.75, 3.05) is 18.5 Å². The van der Waals surface area contributed by atoms with E-state index < -0.39 is 0 Å². The summed E-state index contributed by atoms with van der Waals surface area (Å²) in [4.78, 5) is 13.3. The normalized spacial score (nSPS) is 12.9. The number of aromatic nitrogens is 2. The number of hydrogen-bond donors (Lipinski definition) is 1. The monoisotopic (exact) mass is 355 g/mol. The maximum Gasteiger partial charge on any atom is 0.270 e. The fourth-order valence-corrected chi connectivity index (χ4v) is 3.76. The van der Waals surface area contributed by atoms with Crippen molar-refractivity contribution in [2.24, 2.45) is 7.05 Å². The van der Waals surface area contributed by atoms with Crippen molar-refractivity contribution in [1.82, 2.24) is 9.78 Å². The Morgan fingerprint density at radius 1 is 1.24 bits per heavy atom. The Bertz CT molecular complexity index is 931. The summed E-state index contributed by atoms with van der Waals surface area (Å²) < 4.78 is 12.8. The number of amides is 1. The Morgan fingerprint density at radius 2 is 2.00 bits per heavy atom. The first-order valence-electron chi connectivity index (χ1n) is 7.92. The highest BCUT2D eigenvalue weighted by atomic mass is 32.1. The first-order valence-corrected chi connectivity index (χ1v) is 8.80. The first-order chi connectivity index (χ1) is 12.1. The number of nitrogens with zero attached hydrogens (tertiary/aromatic N) is 2. The SMILES string of the molecule is Cc1nn(C)c(NC(=O)c2scc3c2OCCO3)c1-c1ccccc1. The highest BCUT2D eigenvalue weighted by molar-refractivity contribution is 7.13. The molecule has 3 aromatic rings. The Hall–Kier alpha value is -2.80. The van der Waals surface area contributed by atoms with Crippen LogP contribution in [0.25, 0.3) is 11.1 Å². The molecule has 0 unspecified atom stereocenters. The molecule has 0 bridgehead atoms. The zero-order valence-corrected chi connectivity index (χ0v) is 14.7. The number of rotatable bonds is 3. The summed E-state index contributed by atoms with van der Waals surface area (Å²) in [6.45, 7) is 2.88. The van der Waals surface area contributed by atoms with Gasteiger partial charge in [0.1, 0.15) is 23.9 Å². The molecule has 4 rings (SSSR count). The molecule has 1 amide bonds. The van der Waals surface area contributed by atoms with Gasteiger partial charge in [-0.3, -0.25) is 9.48 Å². The van der Waals surface area contributed by atoms with Gasteiger partial charge in [-0.1, -0.05) is 30.3 Å². The topological polar surface area (TPSA) is 65.4 Å². The predicted octanol–water partition coefficient (Wildman–Crippen LogP) is 3.48. The molecule has 0 saturated carbocycles. The van der Waals surface area contributed by atoms with Gasteiger partial charge in [-0.15, -0.1) is 11.3 Å². The molecule has 7 heteroatoms. The van der Waals surface area contributed by atoms with Crippen molar-refractivity contribution in [3.05, 3.63) is 46.3 Å². The van der Waals surface area contributed by atoms with Gasteiger partial charge < -0.3 is 14.8 Å². The molecule has 1 aliphatic heterocycles. The fraction of sp³-hybridized carbons (Fsp3) is 0.222. The van der Waals surface area contributed by atoms with E-state index in [0.717, 1.165) is 16.8 Å². The lowest BCUT2D eigenvalue weighted by Gasteiger charge is -2.16. The standard InChI is InChI=1S/C18H17N3O3S/c1-11-14(12-6-4-3-5-7-12)17(21(2)20-11)19-18(22)16-15-13(10-25-16)23-8-9-24-15/h3-7,10H,8-9H2,1-2H3,(H,19,22). The van der Waals surface area contributed by atoms with Crippen LogP contribution in [0.2, 0.25) is 0 Å². The van der Waals surface area contributed by atoms with Crippen molar-refractivity contribution >= 4 is 23.1 Å². The summed E-state index contributed by atoms with van der Waals surface area (Å²) in [6, 6.07) is 9.90. The van der Waals surface area contributed by atoms with Gasteiger partial charge in [0, 0.05) is 18.0 Å². The van der Waals surface area contributed by atoms with E-state index in [4.69, 9.17) is 9.47 Å². The van der Waals surface area contributed by atoms with E-state index in [1.807, 2.05) is 44.3 Å². The van der Waals surface area contributed by atoms with Gasteiger partial charge in [0.05, 0.1) is 5.69 Å². The first kappa shape index (κ1) is 15.7. The van der Waals surface area contributed by atoms with Crippen LogP contribution in [0.1, 0.15) is 15.4 Å². The predicted molar refractivity (Wildman–Crippen MR) is 96.6 cm³/mol. The second-order valence-electron chi connectivity index (χ2n) is 5.71. The maximum absolute atomic E-state index is 12.8. The zero-order valence-electron chi connectivity index (χ0n) is 13.9. The summed E-state index contributed by atoms with van der Waals surface area (Å²) in [6.07, 6.45) is 0. The number of benzene rings is 1. The van der Waals surface area contributed by atoms with Crippen molar-refractivity contribution < 1.29 is 14.3 Å². The van der Waals surface area contributed by atoms with Gasteiger partial charge in [0.2, 0.25) is 0 Å². The number of thiophene rings is 1. The average molecular weight is 355 g/mol. The highest BCUT2D eigenvalue weighted by Crippen LogP contribution is 2.40. The molecule has 0 aliphatic carbocycles. The smallest absolute Gasteiger partial charge is 0.270 e. The minimum atomic E-state index is -0.225. The minimum Gasteiger partial charge on any atom is -0.485 e. The van der Waals surface area contributed by atoms with Crippen LogP contribution >= 0.6 is 11.3 Å². The summed E-state index contributed by atoms with van der Waals surface area (Å²) in [5.74, 6) is 1.59. The van der Waals surface area contributed by atoms with Gasteiger partial charge >= 0.3 is 0 Å². The molecule has 1 aromatic carbocycles. The molecule has 2 aromatic heterocycles. The average Bonchev–Trinajstić information content (AvgIpc) is 3.17. The number of carbonyl (C=O) groups is 1. The quantitative estimate of drug-likeness (QED) is 0.781. The lowest BCUT2D eigenvalue weighted by molar-refractivity contribution is 0.102. The molecule has 0 spiro atoms. The molecule has 0 radical (unpaired) electrons. The summed E-state index contributed by atoms with van der Waals surface area (Å²) in [5, 5.41) is 9.25. The van der Waals surface area contributed by atoms with E-state index >= 15 is 0 Å². The van der Waals surface area contributed by atoms with Gasteiger partial charge in [0.15, 0.2) is 11.5 Å². The van der Waals surface area contributed by atoms with Crippen LogP contribution in [0.3, 0.4) is 0 Å². The fourth-order valence-electron chi connectivity index (χ4n) is 2.94. The second-order valence-corrected chi connectivity index (χ2v) is 6.59. The largest absolute Gasteiger partial charge is 0.485 e. The molecule has 0 fully saturated rings. The minimum absolute atomic E-state index is 0.225. The molecule has 25 heavy (non-hydrogen) atoms. The second kappa shape index (κ2) is 6.25. The number of carbonyl (C=O) groups excluding carboxylic acids is 1. The van der Waals surface area contributed by atoms with Crippen molar-refractivity contribution in [3.63, 3.8) is 0 Å². The van der Waals surface area contributed by atoms with Gasteiger partial charge in [-0.05, 0) is 12.5 Å². The Kier molecular flexibility index (Phi) is 3.93. The van der Waals surface area contributed by atoms with Gasteiger partial charge in [0.25, 0.3) is 5.91 Å². The van der Waals surface area contributed by atoms with E-state index in [2.05, 4.69) is 10.4 Å². The number of anilines is 1. The molecule has 6 nitrogen and oxygen atoms in total. The third-order valence-corrected chi connectivity index (χ3v) is 4.96. The van der Waals surface area contributed by atoms with Crippen LogP contribution in [0, 0.1) is 6.92 Å². The molecular formula is C18H17N3O3S. The highest BCUT2D eigenvalue weighted by Gasteiger charge is 2.25. The molecule has 128 valence electrons. The van der Waals surface area contributed by atoms with Crippen molar-refractivity contribution in [1.29, 1.82) is 0 Å². The number of hydrogen-bond acceptors (Lipinski definition) is 5. The summed E-state index contributed by atoms with van der Waals surface area (Å²) in [7, 11) is 1.82. The Morgan fingerprint density at radius 3 is 2.80 bits per heavy atom. The van der Waals surface area contributed by atoms with E-state index in [-0.39, 0.29) is 5.91 Å². The van der Waals surface area contributed by atoms with E-state index in [9.17, 15) is 4.79 Å².